The third-order valence-electron chi connectivity index (χ3n) is 4.43. The van der Waals surface area contributed by atoms with E-state index in [1.165, 1.54) is 0 Å². The Morgan fingerprint density at radius 2 is 1.76 bits per heavy atom. The lowest BCUT2D eigenvalue weighted by Gasteiger charge is -2.25. The lowest BCUT2D eigenvalue weighted by molar-refractivity contribution is -0.131. The Morgan fingerprint density at radius 1 is 1.07 bits per heavy atom. The molecule has 0 radical (unpaired) electrons. The van der Waals surface area contributed by atoms with Crippen LogP contribution in [-0.4, -0.2) is 74.7 Å². The van der Waals surface area contributed by atoms with Crippen molar-refractivity contribution in [3.05, 3.63) is 35.4 Å². The molecule has 29 heavy (non-hydrogen) atoms. The molecule has 0 spiro atoms. The first kappa shape index (κ1) is 24.9. The highest BCUT2D eigenvalue weighted by molar-refractivity contribution is 5.86. The van der Waals surface area contributed by atoms with Crippen LogP contribution in [0.5, 0.6) is 0 Å². The van der Waals surface area contributed by atoms with Crippen LogP contribution in [0.15, 0.2) is 29.3 Å². The number of hydrogen-bond acceptors (Lipinski definition) is 4. The van der Waals surface area contributed by atoms with Gasteiger partial charge in [-0.25, -0.2) is 4.99 Å². The van der Waals surface area contributed by atoms with Crippen molar-refractivity contribution in [2.75, 3.05) is 53.0 Å². The highest BCUT2D eigenvalue weighted by atomic mass is 16.5. The molecule has 1 aromatic rings. The maximum Gasteiger partial charge on any atom is 0.242 e. The maximum atomic E-state index is 12.4. The molecule has 0 aliphatic heterocycles. The molecular weight excluding hydrogens is 368 g/mol. The summed E-state index contributed by atoms with van der Waals surface area (Å²) in [6.07, 6.45) is 0. The average Bonchev–Trinajstić information content (AvgIpc) is 2.72. The van der Waals surface area contributed by atoms with Crippen LogP contribution >= 0.6 is 0 Å². The molecule has 7 nitrogen and oxygen atoms in total. The van der Waals surface area contributed by atoms with Crippen molar-refractivity contribution < 1.29 is 14.3 Å². The fourth-order valence-electron chi connectivity index (χ4n) is 2.86. The summed E-state index contributed by atoms with van der Waals surface area (Å²) in [5, 5.41) is 3.27. The highest BCUT2D eigenvalue weighted by Gasteiger charge is 2.14. The molecule has 1 N–H and O–H groups in total. The van der Waals surface area contributed by atoms with Gasteiger partial charge in [-0.3, -0.25) is 4.79 Å². The predicted octanol–water partition coefficient (Wildman–Crippen LogP) is 2.51. The van der Waals surface area contributed by atoms with Crippen molar-refractivity contribution in [2.24, 2.45) is 4.99 Å². The molecule has 0 aliphatic carbocycles. The van der Waals surface area contributed by atoms with Crippen molar-refractivity contribution in [2.45, 2.75) is 40.8 Å². The topological polar surface area (TPSA) is 66.4 Å². The van der Waals surface area contributed by atoms with E-state index in [1.54, 1.807) is 0 Å². The van der Waals surface area contributed by atoms with Gasteiger partial charge in [0.2, 0.25) is 5.91 Å². The molecule has 7 heteroatoms. The second kappa shape index (κ2) is 14.8. The summed E-state index contributed by atoms with van der Waals surface area (Å²) in [6, 6.07) is 8.23. The Kier molecular flexibility index (Phi) is 12.7. The normalized spacial score (nSPS) is 11.4. The smallest absolute Gasteiger partial charge is 0.242 e. The first-order valence-corrected chi connectivity index (χ1v) is 10.6. The molecule has 1 rings (SSSR count). The summed E-state index contributed by atoms with van der Waals surface area (Å²) in [5.41, 5.74) is 2.22. The summed E-state index contributed by atoms with van der Waals surface area (Å²) < 4.78 is 10.9. The van der Waals surface area contributed by atoms with E-state index >= 15 is 0 Å². The number of likely N-dealkylation sites (N-methyl/N-ethyl adjacent to an activating group) is 2. The molecule has 0 heterocycles. The number of aliphatic imine (C=N–C) groups is 1. The first-order valence-electron chi connectivity index (χ1n) is 10.6. The zero-order chi connectivity index (χ0) is 21.5. The van der Waals surface area contributed by atoms with E-state index in [0.29, 0.717) is 39.5 Å². The lowest BCUT2D eigenvalue weighted by Crippen LogP contribution is -2.45. The Balaban J connectivity index is 2.68. The van der Waals surface area contributed by atoms with Crippen molar-refractivity contribution in [3.8, 4) is 0 Å². The van der Waals surface area contributed by atoms with Crippen molar-refractivity contribution in [3.63, 3.8) is 0 Å². The van der Waals surface area contributed by atoms with E-state index in [9.17, 15) is 4.79 Å². The molecule has 1 amide bonds. The molecule has 0 unspecified atom stereocenters. The van der Waals surface area contributed by atoms with Crippen LogP contribution in [0.2, 0.25) is 0 Å². The molecule has 0 aromatic heterocycles. The molecule has 0 saturated heterocycles. The second-order valence-corrected chi connectivity index (χ2v) is 6.66. The van der Waals surface area contributed by atoms with Crippen LogP contribution in [0.1, 0.15) is 38.8 Å². The van der Waals surface area contributed by atoms with Crippen molar-refractivity contribution in [1.29, 1.82) is 0 Å². The molecule has 0 atom stereocenters. The average molecular weight is 407 g/mol. The van der Waals surface area contributed by atoms with Gasteiger partial charge in [0.15, 0.2) is 5.96 Å². The van der Waals surface area contributed by atoms with E-state index in [1.807, 2.05) is 56.7 Å². The van der Waals surface area contributed by atoms with Gasteiger partial charge in [-0.15, -0.1) is 0 Å². The van der Waals surface area contributed by atoms with E-state index in [4.69, 9.17) is 14.5 Å². The number of ether oxygens (including phenoxy) is 2. The van der Waals surface area contributed by atoms with Crippen LogP contribution in [0.4, 0.5) is 0 Å². The SMILES string of the molecule is CCNC(=NCc1cccc(COCCOCC)c1)N(C)CC(=O)N(CC)CC. The van der Waals surface area contributed by atoms with Gasteiger partial charge < -0.3 is 24.6 Å². The summed E-state index contributed by atoms with van der Waals surface area (Å²) in [4.78, 5) is 20.8. The molecule has 1 aromatic carbocycles. The summed E-state index contributed by atoms with van der Waals surface area (Å²) in [7, 11) is 1.89. The molecule has 0 saturated carbocycles. The maximum absolute atomic E-state index is 12.4. The predicted molar refractivity (Wildman–Crippen MR) is 118 cm³/mol. The molecule has 164 valence electrons. The van der Waals surface area contributed by atoms with Gasteiger partial charge in [0.05, 0.1) is 32.9 Å². The van der Waals surface area contributed by atoms with Gasteiger partial charge in [0, 0.05) is 33.3 Å². The number of rotatable bonds is 13. The summed E-state index contributed by atoms with van der Waals surface area (Å²) in [5.74, 6) is 0.834. The van der Waals surface area contributed by atoms with Crippen LogP contribution in [0.25, 0.3) is 0 Å². The van der Waals surface area contributed by atoms with Crippen LogP contribution in [0.3, 0.4) is 0 Å². The molecule has 0 fully saturated rings. The van der Waals surface area contributed by atoms with E-state index in [2.05, 4.69) is 17.4 Å². The fourth-order valence-corrected chi connectivity index (χ4v) is 2.86. The Bertz CT molecular complexity index is 618. The number of guanidine groups is 1. The van der Waals surface area contributed by atoms with Crippen LogP contribution < -0.4 is 5.32 Å². The molecule has 0 aliphatic rings. The minimum Gasteiger partial charge on any atom is -0.379 e. The number of nitrogens with zero attached hydrogens (tertiary/aromatic N) is 3. The number of hydrogen-bond donors (Lipinski definition) is 1. The van der Waals surface area contributed by atoms with Gasteiger partial charge in [0.1, 0.15) is 0 Å². The van der Waals surface area contributed by atoms with Crippen LogP contribution in [-0.2, 0) is 27.4 Å². The van der Waals surface area contributed by atoms with Crippen molar-refractivity contribution in [1.82, 2.24) is 15.1 Å². The third kappa shape index (κ3) is 9.76. The number of benzene rings is 1. The number of nitrogens with one attached hydrogen (secondary N) is 1. The minimum atomic E-state index is 0.106. The van der Waals surface area contributed by atoms with E-state index < -0.39 is 0 Å². The van der Waals surface area contributed by atoms with Gasteiger partial charge in [-0.05, 0) is 38.8 Å². The Morgan fingerprint density at radius 3 is 2.41 bits per heavy atom. The summed E-state index contributed by atoms with van der Waals surface area (Å²) >= 11 is 0. The van der Waals surface area contributed by atoms with Gasteiger partial charge in [0.25, 0.3) is 0 Å². The monoisotopic (exact) mass is 406 g/mol. The third-order valence-corrected chi connectivity index (χ3v) is 4.43. The largest absolute Gasteiger partial charge is 0.379 e. The number of carbonyl (C=O) groups is 1. The minimum absolute atomic E-state index is 0.106. The first-order chi connectivity index (χ1) is 14.0. The highest BCUT2D eigenvalue weighted by Crippen LogP contribution is 2.08. The number of amides is 1. The van der Waals surface area contributed by atoms with Gasteiger partial charge >= 0.3 is 0 Å². The van der Waals surface area contributed by atoms with E-state index in [0.717, 1.165) is 36.7 Å². The van der Waals surface area contributed by atoms with Crippen LogP contribution in [0, 0.1) is 0 Å². The quantitative estimate of drug-likeness (QED) is 0.310. The summed E-state index contributed by atoms with van der Waals surface area (Å²) in [6.45, 7) is 13.5. The zero-order valence-electron chi connectivity index (χ0n) is 18.7. The molecule has 0 bridgehead atoms. The van der Waals surface area contributed by atoms with Gasteiger partial charge in [-0.2, -0.15) is 0 Å². The number of carbonyl (C=O) groups excluding carboxylic acids is 1. The lowest BCUT2D eigenvalue weighted by atomic mass is 10.1. The second-order valence-electron chi connectivity index (χ2n) is 6.66. The molecular formula is C22H38N4O3. The Labute approximate surface area is 176 Å². The zero-order valence-corrected chi connectivity index (χ0v) is 18.7. The van der Waals surface area contributed by atoms with Gasteiger partial charge in [-0.1, -0.05) is 24.3 Å². The van der Waals surface area contributed by atoms with E-state index in [-0.39, 0.29) is 5.91 Å². The Hall–Kier alpha value is -2.12. The standard InChI is InChI=1S/C22H38N4O3/c1-6-23-22(25(5)17-21(27)26(7-2)8-3)24-16-19-11-10-12-20(15-19)18-29-14-13-28-9-4/h10-12,15H,6-9,13-14,16-18H2,1-5H3,(H,23,24). The fraction of sp³-hybridized carbons (Fsp3) is 0.636. The van der Waals surface area contributed by atoms with Crippen molar-refractivity contribution >= 4 is 11.9 Å².